The molecule has 1 aromatic carbocycles. The molecule has 5 rings (SSSR count). The van der Waals surface area contributed by atoms with Crippen molar-refractivity contribution in [3.63, 3.8) is 0 Å². The summed E-state index contributed by atoms with van der Waals surface area (Å²) in [6.45, 7) is 5.28. The number of hydrogen-bond acceptors (Lipinski definition) is 4. The standard InChI is InChI=1S/C27H33N3O3/c1-3-7-20-12-13-22-25-24(26(32)28-17(2)19-8-5-4-6-9-19)21(16-31)23(15-30(22)27(20)33)29(25)14-18-10-11-18/h3-9,12-13,17-18,21,23-25,31H,10-11,14-16H2,1-2H3,(H,28,32)/b7-3+/t17-,21+,23+,24-,25-/m1/s1. The van der Waals surface area contributed by atoms with Crippen molar-refractivity contribution < 1.29 is 9.90 Å². The van der Waals surface area contributed by atoms with Crippen molar-refractivity contribution in [3.05, 3.63) is 75.7 Å². The third-order valence-electron chi connectivity index (χ3n) is 7.67. The number of benzene rings is 1. The lowest BCUT2D eigenvalue weighted by atomic mass is 9.86. The molecule has 2 bridgehead atoms. The highest BCUT2D eigenvalue weighted by atomic mass is 16.3. The lowest BCUT2D eigenvalue weighted by Crippen LogP contribution is -2.47. The van der Waals surface area contributed by atoms with Crippen LogP contribution in [0.5, 0.6) is 0 Å². The van der Waals surface area contributed by atoms with Crippen LogP contribution in [0.4, 0.5) is 0 Å². The van der Waals surface area contributed by atoms with Crippen molar-refractivity contribution in [2.24, 2.45) is 17.8 Å². The highest BCUT2D eigenvalue weighted by Gasteiger charge is 2.56. The maximum Gasteiger partial charge on any atom is 0.258 e. The van der Waals surface area contributed by atoms with E-state index in [1.165, 1.54) is 12.8 Å². The van der Waals surface area contributed by atoms with Crippen LogP contribution in [-0.2, 0) is 11.3 Å². The molecule has 6 nitrogen and oxygen atoms in total. The molecule has 0 spiro atoms. The van der Waals surface area contributed by atoms with Crippen LogP contribution in [0.1, 0.15) is 55.6 Å². The summed E-state index contributed by atoms with van der Waals surface area (Å²) in [5.41, 5.74) is 2.60. The quantitative estimate of drug-likeness (QED) is 0.684. The Bertz CT molecular complexity index is 1110. The van der Waals surface area contributed by atoms with Gasteiger partial charge in [-0.15, -0.1) is 0 Å². The van der Waals surface area contributed by atoms with Gasteiger partial charge < -0.3 is 15.0 Å². The highest BCUT2D eigenvalue weighted by molar-refractivity contribution is 5.81. The summed E-state index contributed by atoms with van der Waals surface area (Å²) in [6.07, 6.45) is 6.14. The molecule has 1 aromatic heterocycles. The molecule has 3 heterocycles. The van der Waals surface area contributed by atoms with Crippen molar-refractivity contribution in [1.29, 1.82) is 0 Å². The Balaban J connectivity index is 1.52. The summed E-state index contributed by atoms with van der Waals surface area (Å²) in [5, 5.41) is 13.6. The zero-order valence-corrected chi connectivity index (χ0v) is 19.4. The van der Waals surface area contributed by atoms with Gasteiger partial charge in [-0.05, 0) is 50.3 Å². The number of nitrogens with one attached hydrogen (secondary N) is 1. The molecule has 5 atom stereocenters. The number of hydrogen-bond donors (Lipinski definition) is 2. The lowest BCUT2D eigenvalue weighted by molar-refractivity contribution is -0.128. The molecule has 3 aliphatic rings. The Hall–Kier alpha value is -2.70. The molecule has 1 aliphatic carbocycles. The van der Waals surface area contributed by atoms with Gasteiger partial charge in [0.25, 0.3) is 5.56 Å². The van der Waals surface area contributed by atoms with Crippen LogP contribution < -0.4 is 10.9 Å². The van der Waals surface area contributed by atoms with E-state index in [0.29, 0.717) is 18.0 Å². The summed E-state index contributed by atoms with van der Waals surface area (Å²) in [7, 11) is 0. The second kappa shape index (κ2) is 8.92. The third kappa shape index (κ3) is 3.96. The first-order valence-electron chi connectivity index (χ1n) is 12.1. The van der Waals surface area contributed by atoms with Crippen LogP contribution in [0.2, 0.25) is 0 Å². The normalized spacial score (nSPS) is 27.5. The van der Waals surface area contributed by atoms with E-state index in [1.807, 2.05) is 73.0 Å². The predicted molar refractivity (Wildman–Crippen MR) is 128 cm³/mol. The second-order valence-electron chi connectivity index (χ2n) is 9.79. The Kier molecular flexibility index (Phi) is 5.97. The molecule has 2 aliphatic heterocycles. The van der Waals surface area contributed by atoms with Crippen LogP contribution >= 0.6 is 0 Å². The van der Waals surface area contributed by atoms with Crippen LogP contribution in [0, 0.1) is 17.8 Å². The van der Waals surface area contributed by atoms with Crippen LogP contribution in [0.25, 0.3) is 6.08 Å². The molecule has 0 radical (unpaired) electrons. The minimum atomic E-state index is -0.398. The Labute approximate surface area is 194 Å². The summed E-state index contributed by atoms with van der Waals surface area (Å²) < 4.78 is 1.85. The van der Waals surface area contributed by atoms with Crippen molar-refractivity contribution in [1.82, 2.24) is 14.8 Å². The van der Waals surface area contributed by atoms with Crippen LogP contribution in [0.15, 0.2) is 53.3 Å². The lowest BCUT2D eigenvalue weighted by Gasteiger charge is -2.38. The molecular formula is C27H33N3O3. The highest BCUT2D eigenvalue weighted by Crippen LogP contribution is 2.50. The van der Waals surface area contributed by atoms with Gasteiger partial charge in [0.05, 0.1) is 18.0 Å². The molecule has 174 valence electrons. The van der Waals surface area contributed by atoms with Crippen LogP contribution in [0.3, 0.4) is 0 Å². The number of rotatable bonds is 7. The van der Waals surface area contributed by atoms with Gasteiger partial charge in [-0.2, -0.15) is 0 Å². The van der Waals surface area contributed by atoms with Gasteiger partial charge in [0, 0.05) is 42.9 Å². The number of amides is 1. The maximum absolute atomic E-state index is 13.7. The number of nitrogens with zero attached hydrogens (tertiary/aromatic N) is 2. The first-order chi connectivity index (χ1) is 16.0. The predicted octanol–water partition coefficient (Wildman–Crippen LogP) is 3.13. The minimum absolute atomic E-state index is 0.0120. The molecule has 1 amide bonds. The molecule has 33 heavy (non-hydrogen) atoms. The summed E-state index contributed by atoms with van der Waals surface area (Å²) >= 11 is 0. The summed E-state index contributed by atoms with van der Waals surface area (Å²) in [6, 6.07) is 13.5. The van der Waals surface area contributed by atoms with Gasteiger partial charge in [0.15, 0.2) is 0 Å². The second-order valence-corrected chi connectivity index (χ2v) is 9.79. The number of carbonyl (C=O) groups is 1. The molecule has 1 saturated carbocycles. The van der Waals surface area contributed by atoms with E-state index >= 15 is 0 Å². The zero-order valence-electron chi connectivity index (χ0n) is 19.4. The van der Waals surface area contributed by atoms with E-state index in [-0.39, 0.29) is 42.1 Å². The first kappa shape index (κ1) is 22.1. The number of allylic oxidation sites excluding steroid dienone is 1. The van der Waals surface area contributed by atoms with E-state index in [9.17, 15) is 14.7 Å². The Morgan fingerprint density at radius 3 is 2.64 bits per heavy atom. The monoisotopic (exact) mass is 447 g/mol. The maximum atomic E-state index is 13.7. The minimum Gasteiger partial charge on any atom is -0.396 e. The van der Waals surface area contributed by atoms with E-state index in [2.05, 4.69) is 10.2 Å². The largest absolute Gasteiger partial charge is 0.396 e. The number of aliphatic hydroxyl groups is 1. The molecule has 6 heteroatoms. The van der Waals surface area contributed by atoms with Gasteiger partial charge in [-0.1, -0.05) is 42.5 Å². The topological polar surface area (TPSA) is 74.6 Å². The van der Waals surface area contributed by atoms with E-state index in [0.717, 1.165) is 17.8 Å². The molecule has 2 aromatic rings. The molecule has 2 N–H and O–H groups in total. The number of fused-ring (bicyclic) bond motifs is 4. The van der Waals surface area contributed by atoms with Crippen molar-refractivity contribution in [2.45, 2.75) is 51.4 Å². The van der Waals surface area contributed by atoms with E-state index in [4.69, 9.17) is 0 Å². The number of pyridine rings is 1. The fourth-order valence-electron chi connectivity index (χ4n) is 5.83. The zero-order chi connectivity index (χ0) is 23.1. The molecular weight excluding hydrogens is 414 g/mol. The van der Waals surface area contributed by atoms with Crippen molar-refractivity contribution in [2.75, 3.05) is 13.2 Å². The summed E-state index contributed by atoms with van der Waals surface area (Å²) in [5.74, 6) is 0.00363. The van der Waals surface area contributed by atoms with Gasteiger partial charge >= 0.3 is 0 Å². The average molecular weight is 448 g/mol. The number of aliphatic hydroxyl groups excluding tert-OH is 1. The third-order valence-corrected chi connectivity index (χ3v) is 7.67. The number of carbonyl (C=O) groups excluding carboxylic acids is 1. The average Bonchev–Trinajstić information content (AvgIpc) is 3.61. The van der Waals surface area contributed by atoms with Gasteiger partial charge in [0.2, 0.25) is 5.91 Å². The smallest absolute Gasteiger partial charge is 0.258 e. The fraction of sp³-hybridized carbons (Fsp3) is 0.481. The van der Waals surface area contributed by atoms with Gasteiger partial charge in [-0.25, -0.2) is 0 Å². The van der Waals surface area contributed by atoms with Crippen molar-refractivity contribution >= 4 is 12.0 Å². The van der Waals surface area contributed by atoms with E-state index < -0.39 is 5.92 Å². The van der Waals surface area contributed by atoms with E-state index in [1.54, 1.807) is 0 Å². The first-order valence-corrected chi connectivity index (χ1v) is 12.1. The molecule has 0 unspecified atom stereocenters. The van der Waals surface area contributed by atoms with Gasteiger partial charge in [0.1, 0.15) is 0 Å². The fourth-order valence-corrected chi connectivity index (χ4v) is 5.83. The Morgan fingerprint density at radius 2 is 1.97 bits per heavy atom. The van der Waals surface area contributed by atoms with Crippen molar-refractivity contribution in [3.8, 4) is 0 Å². The SMILES string of the molecule is C/C=C/c1ccc2n(c1=O)C[C@H]1[C@H](CO)[C@@H](C(=O)N[C@H](C)c3ccccc3)[C@@H]2N1CC1CC1. The van der Waals surface area contributed by atoms with Crippen LogP contribution in [-0.4, -0.2) is 39.7 Å². The van der Waals surface area contributed by atoms with Gasteiger partial charge in [-0.3, -0.25) is 14.5 Å². The number of aromatic nitrogens is 1. The molecule has 1 saturated heterocycles. The molecule has 2 fully saturated rings. The summed E-state index contributed by atoms with van der Waals surface area (Å²) in [4.78, 5) is 29.3. The Morgan fingerprint density at radius 1 is 1.21 bits per heavy atom.